The average molecular weight is 285 g/mol. The van der Waals surface area contributed by atoms with Crippen molar-refractivity contribution >= 4 is 11.6 Å². The van der Waals surface area contributed by atoms with E-state index in [1.807, 2.05) is 24.3 Å². The molecule has 0 fully saturated rings. The van der Waals surface area contributed by atoms with Crippen LogP contribution in [-0.2, 0) is 6.42 Å². The first-order valence-electron chi connectivity index (χ1n) is 6.93. The predicted octanol–water partition coefficient (Wildman–Crippen LogP) is 2.90. The third-order valence-corrected chi connectivity index (χ3v) is 3.10. The zero-order chi connectivity index (χ0) is 15.2. The minimum Gasteiger partial charge on any atom is -0.437 e. The molecule has 4 N–H and O–H groups in total. The van der Waals surface area contributed by atoms with Gasteiger partial charge in [-0.2, -0.15) is 0 Å². The van der Waals surface area contributed by atoms with Gasteiger partial charge in [-0.25, -0.2) is 4.98 Å². The number of nitrogens with zero attached hydrogens (tertiary/aromatic N) is 1. The first-order chi connectivity index (χ1) is 10.1. The largest absolute Gasteiger partial charge is 0.437 e. The number of primary amides is 1. The minimum atomic E-state index is -0.616. The average Bonchev–Trinajstić information content (AvgIpc) is 2.48. The monoisotopic (exact) mass is 285 g/mol. The second-order valence-corrected chi connectivity index (χ2v) is 4.80. The van der Waals surface area contributed by atoms with Gasteiger partial charge in [0.1, 0.15) is 11.4 Å². The van der Waals surface area contributed by atoms with Crippen molar-refractivity contribution in [2.75, 3.05) is 5.73 Å². The van der Waals surface area contributed by atoms with Gasteiger partial charge in [0.2, 0.25) is 5.88 Å². The number of nitrogen functional groups attached to an aromatic ring is 1. The van der Waals surface area contributed by atoms with Crippen molar-refractivity contribution in [3.05, 3.63) is 47.7 Å². The number of rotatable bonds is 6. The molecular weight excluding hydrogens is 266 g/mol. The number of anilines is 1. The standard InChI is InChI=1S/C16H19N3O2/c1-2-3-4-11-5-7-12(8-6-11)21-16-13(17)9-10-14(19-16)15(18)20/h5-10H,2-4,17H2,1H3,(H2,18,20). The molecule has 1 heterocycles. The van der Waals surface area contributed by atoms with Crippen LogP contribution in [0.25, 0.3) is 0 Å². The quantitative estimate of drug-likeness (QED) is 0.853. The van der Waals surface area contributed by atoms with Gasteiger partial charge in [0.25, 0.3) is 5.91 Å². The van der Waals surface area contributed by atoms with Crippen molar-refractivity contribution in [1.29, 1.82) is 0 Å². The van der Waals surface area contributed by atoms with Crippen LogP contribution in [0.2, 0.25) is 0 Å². The van der Waals surface area contributed by atoms with Gasteiger partial charge in [-0.3, -0.25) is 4.79 Å². The van der Waals surface area contributed by atoms with Gasteiger partial charge in [-0.1, -0.05) is 25.5 Å². The van der Waals surface area contributed by atoms with Crippen molar-refractivity contribution in [3.63, 3.8) is 0 Å². The van der Waals surface area contributed by atoms with E-state index >= 15 is 0 Å². The normalized spacial score (nSPS) is 10.3. The zero-order valence-electron chi connectivity index (χ0n) is 12.0. The summed E-state index contributed by atoms with van der Waals surface area (Å²) in [5.74, 6) is 0.193. The number of pyridine rings is 1. The fraction of sp³-hybridized carbons (Fsp3) is 0.250. The third kappa shape index (κ3) is 3.95. The maximum atomic E-state index is 11.1. The van der Waals surface area contributed by atoms with Crippen molar-refractivity contribution in [2.45, 2.75) is 26.2 Å². The maximum absolute atomic E-state index is 11.1. The smallest absolute Gasteiger partial charge is 0.267 e. The number of nitrogens with two attached hydrogens (primary N) is 2. The lowest BCUT2D eigenvalue weighted by Crippen LogP contribution is -2.13. The SMILES string of the molecule is CCCCc1ccc(Oc2nc(C(N)=O)ccc2N)cc1. The third-order valence-electron chi connectivity index (χ3n) is 3.10. The fourth-order valence-electron chi connectivity index (χ4n) is 1.89. The second-order valence-electron chi connectivity index (χ2n) is 4.80. The van der Waals surface area contributed by atoms with Gasteiger partial charge in [0, 0.05) is 0 Å². The lowest BCUT2D eigenvalue weighted by atomic mass is 10.1. The molecular formula is C16H19N3O2. The molecule has 0 aliphatic rings. The minimum absolute atomic E-state index is 0.124. The van der Waals surface area contributed by atoms with Crippen LogP contribution in [0.15, 0.2) is 36.4 Å². The highest BCUT2D eigenvalue weighted by Gasteiger charge is 2.09. The van der Waals surface area contributed by atoms with Crippen molar-refractivity contribution in [1.82, 2.24) is 4.98 Å². The number of amides is 1. The highest BCUT2D eigenvalue weighted by atomic mass is 16.5. The Morgan fingerprint density at radius 3 is 2.52 bits per heavy atom. The Morgan fingerprint density at radius 1 is 1.19 bits per heavy atom. The van der Waals surface area contributed by atoms with E-state index in [0.717, 1.165) is 12.8 Å². The summed E-state index contributed by atoms with van der Waals surface area (Å²) < 4.78 is 5.62. The van der Waals surface area contributed by atoms with Gasteiger partial charge in [0.05, 0.1) is 5.69 Å². The molecule has 110 valence electrons. The molecule has 0 radical (unpaired) electrons. The Bertz CT molecular complexity index is 624. The first kappa shape index (κ1) is 14.8. The van der Waals surface area contributed by atoms with Crippen LogP contribution >= 0.6 is 0 Å². The molecule has 5 heteroatoms. The van der Waals surface area contributed by atoms with Gasteiger partial charge in [-0.05, 0) is 42.7 Å². The highest BCUT2D eigenvalue weighted by molar-refractivity contribution is 5.91. The van der Waals surface area contributed by atoms with Gasteiger partial charge >= 0.3 is 0 Å². The Kier molecular flexibility index (Phi) is 4.77. The molecule has 0 spiro atoms. The summed E-state index contributed by atoms with van der Waals surface area (Å²) in [5.41, 5.74) is 12.7. The summed E-state index contributed by atoms with van der Waals surface area (Å²) in [5, 5.41) is 0. The lowest BCUT2D eigenvalue weighted by Gasteiger charge is -2.09. The number of aromatic nitrogens is 1. The summed E-state index contributed by atoms with van der Waals surface area (Å²) >= 11 is 0. The topological polar surface area (TPSA) is 91.2 Å². The summed E-state index contributed by atoms with van der Waals surface area (Å²) in [4.78, 5) is 15.1. The van der Waals surface area contributed by atoms with Crippen LogP contribution < -0.4 is 16.2 Å². The van der Waals surface area contributed by atoms with Gasteiger partial charge < -0.3 is 16.2 Å². The van der Waals surface area contributed by atoms with Crippen LogP contribution in [0.4, 0.5) is 5.69 Å². The molecule has 2 rings (SSSR count). The lowest BCUT2D eigenvalue weighted by molar-refractivity contribution is 0.0995. The van der Waals surface area contributed by atoms with E-state index in [4.69, 9.17) is 16.2 Å². The van der Waals surface area contributed by atoms with Gasteiger partial charge in [0.15, 0.2) is 0 Å². The van der Waals surface area contributed by atoms with E-state index in [0.29, 0.717) is 11.4 Å². The van der Waals surface area contributed by atoms with E-state index in [9.17, 15) is 4.79 Å². The molecule has 0 unspecified atom stereocenters. The van der Waals surface area contributed by atoms with Crippen molar-refractivity contribution in [2.24, 2.45) is 5.73 Å². The van der Waals surface area contributed by atoms with Crippen molar-refractivity contribution in [3.8, 4) is 11.6 Å². The Hall–Kier alpha value is -2.56. The summed E-state index contributed by atoms with van der Waals surface area (Å²) in [6.45, 7) is 2.16. The number of unbranched alkanes of at least 4 members (excludes halogenated alkanes) is 1. The molecule has 1 aromatic heterocycles. The molecule has 0 aliphatic carbocycles. The Balaban J connectivity index is 2.14. The Labute approximate surface area is 123 Å². The van der Waals surface area contributed by atoms with E-state index in [1.165, 1.54) is 18.1 Å². The van der Waals surface area contributed by atoms with Crippen LogP contribution in [0.5, 0.6) is 11.6 Å². The first-order valence-corrected chi connectivity index (χ1v) is 6.93. The highest BCUT2D eigenvalue weighted by Crippen LogP contribution is 2.25. The molecule has 0 saturated carbocycles. The molecule has 0 bridgehead atoms. The second kappa shape index (κ2) is 6.74. The number of ether oxygens (including phenoxy) is 1. The molecule has 5 nitrogen and oxygen atoms in total. The Morgan fingerprint density at radius 2 is 1.90 bits per heavy atom. The summed E-state index contributed by atoms with van der Waals surface area (Å²) in [6.07, 6.45) is 3.38. The zero-order valence-corrected chi connectivity index (χ0v) is 12.0. The van der Waals surface area contributed by atoms with Crippen LogP contribution in [0.3, 0.4) is 0 Å². The van der Waals surface area contributed by atoms with E-state index in [-0.39, 0.29) is 11.6 Å². The molecule has 1 amide bonds. The van der Waals surface area contributed by atoms with Crippen LogP contribution in [-0.4, -0.2) is 10.9 Å². The molecule has 21 heavy (non-hydrogen) atoms. The molecule has 0 saturated heterocycles. The van der Waals surface area contributed by atoms with Crippen LogP contribution in [0, 0.1) is 0 Å². The number of hydrogen-bond donors (Lipinski definition) is 2. The maximum Gasteiger partial charge on any atom is 0.267 e. The van der Waals surface area contributed by atoms with Gasteiger partial charge in [-0.15, -0.1) is 0 Å². The molecule has 0 aliphatic heterocycles. The summed E-state index contributed by atoms with van der Waals surface area (Å²) in [6, 6.07) is 10.8. The number of carbonyl (C=O) groups is 1. The predicted molar refractivity (Wildman–Crippen MR) is 82.3 cm³/mol. The van der Waals surface area contributed by atoms with E-state index < -0.39 is 5.91 Å². The molecule has 2 aromatic rings. The van der Waals surface area contributed by atoms with E-state index in [1.54, 1.807) is 6.07 Å². The number of carbonyl (C=O) groups excluding carboxylic acids is 1. The molecule has 1 aromatic carbocycles. The number of aryl methyl sites for hydroxylation is 1. The number of hydrogen-bond acceptors (Lipinski definition) is 4. The molecule has 0 atom stereocenters. The van der Waals surface area contributed by atoms with E-state index in [2.05, 4.69) is 11.9 Å². The summed E-state index contributed by atoms with van der Waals surface area (Å²) in [7, 11) is 0. The number of benzene rings is 1. The fourth-order valence-corrected chi connectivity index (χ4v) is 1.89. The van der Waals surface area contributed by atoms with Crippen molar-refractivity contribution < 1.29 is 9.53 Å². The van der Waals surface area contributed by atoms with Crippen LogP contribution in [0.1, 0.15) is 35.8 Å².